The number of benzene rings is 2. The fourth-order valence-corrected chi connectivity index (χ4v) is 2.65. The molecule has 0 radical (unpaired) electrons. The largest absolute Gasteiger partial charge is 0.438 e. The van der Waals surface area contributed by atoms with E-state index in [-0.39, 0.29) is 0 Å². The minimum atomic E-state index is 0.537. The summed E-state index contributed by atoms with van der Waals surface area (Å²) in [5.41, 5.74) is 2.85. The van der Waals surface area contributed by atoms with E-state index < -0.39 is 0 Å². The number of H-pyrrole nitrogens is 1. The van der Waals surface area contributed by atoms with Gasteiger partial charge in [-0.1, -0.05) is 12.1 Å². The molecule has 0 saturated heterocycles. The fourth-order valence-electron chi connectivity index (χ4n) is 2.31. The monoisotopic (exact) mass is 380 g/mol. The summed E-state index contributed by atoms with van der Waals surface area (Å²) in [6, 6.07) is 19.3. The van der Waals surface area contributed by atoms with Crippen LogP contribution in [-0.2, 0) is 0 Å². The van der Waals surface area contributed by atoms with Crippen molar-refractivity contribution in [3.63, 3.8) is 0 Å². The third-order valence-electron chi connectivity index (χ3n) is 3.45. The Morgan fingerprint density at radius 3 is 2.58 bits per heavy atom. The average Bonchev–Trinajstić information content (AvgIpc) is 3.01. The summed E-state index contributed by atoms with van der Waals surface area (Å²) in [7, 11) is 0. The van der Waals surface area contributed by atoms with Crippen molar-refractivity contribution < 1.29 is 4.74 Å². The zero-order valence-electron chi connectivity index (χ0n) is 12.5. The Kier molecular flexibility index (Phi) is 3.88. The molecule has 0 aliphatic carbocycles. The van der Waals surface area contributed by atoms with E-state index in [1.807, 2.05) is 60.7 Å². The third-order valence-corrected chi connectivity index (χ3v) is 4.05. The van der Waals surface area contributed by atoms with Gasteiger partial charge in [-0.2, -0.15) is 0 Å². The van der Waals surface area contributed by atoms with E-state index in [9.17, 15) is 0 Å². The molecule has 0 amide bonds. The SMILES string of the molecule is Brc1cccnc1Oc1ccc(Nc2nc3ccccc3[nH]2)cc1. The normalized spacial score (nSPS) is 10.7. The smallest absolute Gasteiger partial charge is 0.233 e. The number of rotatable bonds is 4. The molecule has 118 valence electrons. The lowest BCUT2D eigenvalue weighted by Gasteiger charge is -2.07. The molecule has 0 saturated carbocycles. The van der Waals surface area contributed by atoms with Crippen molar-refractivity contribution in [3.8, 4) is 11.6 Å². The Hall–Kier alpha value is -2.86. The van der Waals surface area contributed by atoms with Crippen LogP contribution in [0, 0.1) is 0 Å². The quantitative estimate of drug-likeness (QED) is 0.507. The summed E-state index contributed by atoms with van der Waals surface area (Å²) in [6.07, 6.45) is 1.69. The molecule has 0 spiro atoms. The first-order valence-electron chi connectivity index (χ1n) is 7.38. The van der Waals surface area contributed by atoms with Crippen molar-refractivity contribution in [1.29, 1.82) is 0 Å². The molecule has 0 aliphatic rings. The number of anilines is 2. The molecule has 6 heteroatoms. The van der Waals surface area contributed by atoms with E-state index in [0.717, 1.165) is 21.2 Å². The van der Waals surface area contributed by atoms with Gasteiger partial charge in [0.2, 0.25) is 11.8 Å². The second-order valence-electron chi connectivity index (χ2n) is 5.14. The summed E-state index contributed by atoms with van der Waals surface area (Å²) in [6.45, 7) is 0. The first-order valence-corrected chi connectivity index (χ1v) is 8.17. The van der Waals surface area contributed by atoms with Crippen LogP contribution in [0.4, 0.5) is 11.6 Å². The molecule has 2 N–H and O–H groups in total. The minimum Gasteiger partial charge on any atom is -0.438 e. The van der Waals surface area contributed by atoms with Crippen molar-refractivity contribution >= 4 is 38.6 Å². The molecule has 2 heterocycles. The summed E-state index contributed by atoms with van der Waals surface area (Å²) >= 11 is 3.42. The van der Waals surface area contributed by atoms with Crippen molar-refractivity contribution in [2.75, 3.05) is 5.32 Å². The van der Waals surface area contributed by atoms with Crippen LogP contribution in [0.15, 0.2) is 71.3 Å². The van der Waals surface area contributed by atoms with Crippen LogP contribution in [0.3, 0.4) is 0 Å². The number of aromatic nitrogens is 3. The number of hydrogen-bond donors (Lipinski definition) is 2. The van der Waals surface area contributed by atoms with Crippen LogP contribution in [0.1, 0.15) is 0 Å². The molecule has 0 fully saturated rings. The van der Waals surface area contributed by atoms with Crippen molar-refractivity contribution in [2.24, 2.45) is 0 Å². The van der Waals surface area contributed by atoms with Crippen molar-refractivity contribution in [3.05, 3.63) is 71.3 Å². The molecule has 5 nitrogen and oxygen atoms in total. The average molecular weight is 381 g/mol. The molecule has 0 bridgehead atoms. The van der Waals surface area contributed by atoms with Gasteiger partial charge in [0.15, 0.2) is 0 Å². The number of fused-ring (bicyclic) bond motifs is 1. The standard InChI is InChI=1S/C18H13BrN4O/c19-14-4-3-11-20-17(14)24-13-9-7-12(8-10-13)21-18-22-15-5-1-2-6-16(15)23-18/h1-11H,(H2,21,22,23). The van der Waals surface area contributed by atoms with Crippen LogP contribution in [0.5, 0.6) is 11.6 Å². The molecule has 4 rings (SSSR count). The third kappa shape index (κ3) is 3.09. The van der Waals surface area contributed by atoms with Gasteiger partial charge in [0.1, 0.15) is 5.75 Å². The van der Waals surface area contributed by atoms with Gasteiger partial charge in [-0.05, 0) is 64.5 Å². The second-order valence-corrected chi connectivity index (χ2v) is 6.00. The van der Waals surface area contributed by atoms with Crippen LogP contribution in [-0.4, -0.2) is 15.0 Å². The highest BCUT2D eigenvalue weighted by atomic mass is 79.9. The first kappa shape index (κ1) is 14.7. The van der Waals surface area contributed by atoms with E-state index >= 15 is 0 Å². The number of para-hydroxylation sites is 2. The summed E-state index contributed by atoms with van der Waals surface area (Å²) in [5.74, 6) is 1.96. The highest BCUT2D eigenvalue weighted by molar-refractivity contribution is 9.10. The maximum atomic E-state index is 5.75. The number of nitrogens with one attached hydrogen (secondary N) is 2. The zero-order valence-corrected chi connectivity index (χ0v) is 14.1. The van der Waals surface area contributed by atoms with E-state index in [1.165, 1.54) is 0 Å². The first-order chi connectivity index (χ1) is 11.8. The molecule has 2 aromatic heterocycles. The van der Waals surface area contributed by atoms with Crippen LogP contribution in [0.2, 0.25) is 0 Å². The van der Waals surface area contributed by atoms with Crippen molar-refractivity contribution in [1.82, 2.24) is 15.0 Å². The molecule has 0 unspecified atom stereocenters. The maximum Gasteiger partial charge on any atom is 0.233 e. The molecule has 0 aliphatic heterocycles. The number of aromatic amines is 1. The Morgan fingerprint density at radius 1 is 0.958 bits per heavy atom. The molecule has 24 heavy (non-hydrogen) atoms. The highest BCUT2D eigenvalue weighted by Gasteiger charge is 2.05. The lowest BCUT2D eigenvalue weighted by atomic mass is 10.3. The Morgan fingerprint density at radius 2 is 1.79 bits per heavy atom. The van der Waals surface area contributed by atoms with Crippen LogP contribution < -0.4 is 10.1 Å². The minimum absolute atomic E-state index is 0.537. The van der Waals surface area contributed by atoms with Crippen LogP contribution >= 0.6 is 15.9 Å². The van der Waals surface area contributed by atoms with E-state index in [0.29, 0.717) is 17.6 Å². The number of imidazole rings is 1. The van der Waals surface area contributed by atoms with Gasteiger partial charge in [0.25, 0.3) is 0 Å². The number of pyridine rings is 1. The summed E-state index contributed by atoms with van der Waals surface area (Å²) in [5, 5.41) is 3.25. The van der Waals surface area contributed by atoms with E-state index in [4.69, 9.17) is 4.74 Å². The zero-order chi connectivity index (χ0) is 16.4. The van der Waals surface area contributed by atoms with Gasteiger partial charge < -0.3 is 15.0 Å². The molecular formula is C18H13BrN4O. The van der Waals surface area contributed by atoms with Gasteiger partial charge in [-0.25, -0.2) is 9.97 Å². The van der Waals surface area contributed by atoms with Gasteiger partial charge in [-0.3, -0.25) is 0 Å². The number of halogens is 1. The summed E-state index contributed by atoms with van der Waals surface area (Å²) in [4.78, 5) is 11.9. The number of ether oxygens (including phenoxy) is 1. The van der Waals surface area contributed by atoms with Crippen molar-refractivity contribution in [2.45, 2.75) is 0 Å². The van der Waals surface area contributed by atoms with E-state index in [1.54, 1.807) is 6.20 Å². The Balaban J connectivity index is 1.50. The summed E-state index contributed by atoms with van der Waals surface area (Å²) < 4.78 is 6.57. The molecule has 2 aromatic carbocycles. The Bertz CT molecular complexity index is 949. The fraction of sp³-hybridized carbons (Fsp3) is 0. The maximum absolute atomic E-state index is 5.75. The topological polar surface area (TPSA) is 62.8 Å². The number of nitrogens with zero attached hydrogens (tertiary/aromatic N) is 2. The predicted molar refractivity (Wildman–Crippen MR) is 97.8 cm³/mol. The van der Waals surface area contributed by atoms with Gasteiger partial charge in [0.05, 0.1) is 15.5 Å². The van der Waals surface area contributed by atoms with Crippen LogP contribution in [0.25, 0.3) is 11.0 Å². The van der Waals surface area contributed by atoms with E-state index in [2.05, 4.69) is 36.2 Å². The highest BCUT2D eigenvalue weighted by Crippen LogP contribution is 2.28. The number of hydrogen-bond acceptors (Lipinski definition) is 4. The lowest BCUT2D eigenvalue weighted by molar-refractivity contribution is 0.460. The van der Waals surface area contributed by atoms with Gasteiger partial charge >= 0.3 is 0 Å². The molecule has 0 atom stereocenters. The van der Waals surface area contributed by atoms with Gasteiger partial charge in [-0.15, -0.1) is 0 Å². The molecular weight excluding hydrogens is 368 g/mol. The Labute approximate surface area is 146 Å². The second kappa shape index (κ2) is 6.33. The predicted octanol–water partition coefficient (Wildman–Crippen LogP) is 5.26. The van der Waals surface area contributed by atoms with Gasteiger partial charge in [0, 0.05) is 11.9 Å². The molecule has 4 aromatic rings. The lowest BCUT2D eigenvalue weighted by Crippen LogP contribution is -1.93.